The molecule has 2 aromatic carbocycles. The van der Waals surface area contributed by atoms with Crippen LogP contribution in [0.15, 0.2) is 61.2 Å². The van der Waals surface area contributed by atoms with Crippen LogP contribution in [0.5, 0.6) is 11.5 Å². The lowest BCUT2D eigenvalue weighted by atomic mass is 10.2. The second-order valence-corrected chi connectivity index (χ2v) is 5.80. The van der Waals surface area contributed by atoms with Gasteiger partial charge < -0.3 is 9.47 Å². The van der Waals surface area contributed by atoms with Crippen LogP contribution in [0.25, 0.3) is 0 Å². The Balaban J connectivity index is 1.90. The van der Waals surface area contributed by atoms with E-state index in [1.165, 1.54) is 5.56 Å². The smallest absolute Gasteiger partial charge is 0.279 e. The fourth-order valence-electron chi connectivity index (χ4n) is 2.28. The monoisotopic (exact) mass is 368 g/mol. The predicted octanol–water partition coefficient (Wildman–Crippen LogP) is 3.04. The molecule has 1 unspecified atom stereocenters. The van der Waals surface area contributed by atoms with Crippen molar-refractivity contribution < 1.29 is 19.1 Å². The van der Waals surface area contributed by atoms with Crippen molar-refractivity contribution in [3.63, 3.8) is 0 Å². The molecule has 0 aromatic heterocycles. The van der Waals surface area contributed by atoms with Gasteiger partial charge in [-0.05, 0) is 43.2 Å². The quantitative estimate of drug-likeness (QED) is 0.555. The van der Waals surface area contributed by atoms with Gasteiger partial charge in [-0.25, -0.2) is 0 Å². The number of carbonyl (C=O) groups is 2. The fraction of sp³-hybridized carbons (Fsp3) is 0.238. The fourth-order valence-corrected chi connectivity index (χ4v) is 2.28. The summed E-state index contributed by atoms with van der Waals surface area (Å²) in [7, 11) is 0. The summed E-state index contributed by atoms with van der Waals surface area (Å²) in [5.74, 6) is 0.0451. The van der Waals surface area contributed by atoms with E-state index >= 15 is 0 Å². The molecule has 1 atom stereocenters. The zero-order chi connectivity index (χ0) is 19.6. The first-order valence-corrected chi connectivity index (χ1v) is 8.73. The first-order chi connectivity index (χ1) is 13.0. The van der Waals surface area contributed by atoms with Crippen molar-refractivity contribution in [1.29, 1.82) is 0 Å². The minimum atomic E-state index is -0.773. The van der Waals surface area contributed by atoms with Crippen molar-refractivity contribution in [2.75, 3.05) is 6.61 Å². The van der Waals surface area contributed by atoms with Crippen LogP contribution in [0.3, 0.4) is 0 Å². The molecule has 2 amide bonds. The van der Waals surface area contributed by atoms with Crippen molar-refractivity contribution in [3.05, 3.63) is 72.3 Å². The summed E-state index contributed by atoms with van der Waals surface area (Å²) in [5, 5.41) is 0. The predicted molar refractivity (Wildman–Crippen MR) is 104 cm³/mol. The maximum atomic E-state index is 12.3. The largest absolute Gasteiger partial charge is 0.489 e. The number of benzene rings is 2. The number of carbonyl (C=O) groups excluding carboxylic acids is 2. The van der Waals surface area contributed by atoms with Gasteiger partial charge in [0.2, 0.25) is 0 Å². The standard InChI is InChI=1S/C21H24N2O4/c1-4-14-26-19-9-7-6-8-18(19)21(25)23-22-20(24)15(3)27-17-12-10-16(5-2)11-13-17/h4,6-13,15H,1,5,14H2,2-3H3,(H,22,24)(H,23,25). The third-order valence-corrected chi connectivity index (χ3v) is 3.80. The van der Waals surface area contributed by atoms with E-state index in [2.05, 4.69) is 24.4 Å². The van der Waals surface area contributed by atoms with Crippen molar-refractivity contribution in [3.8, 4) is 11.5 Å². The van der Waals surface area contributed by atoms with Gasteiger partial charge in [-0.3, -0.25) is 20.4 Å². The molecule has 2 aromatic rings. The van der Waals surface area contributed by atoms with Gasteiger partial charge >= 0.3 is 0 Å². The molecule has 6 heteroatoms. The van der Waals surface area contributed by atoms with E-state index in [9.17, 15) is 9.59 Å². The van der Waals surface area contributed by atoms with Crippen molar-refractivity contribution >= 4 is 11.8 Å². The zero-order valence-electron chi connectivity index (χ0n) is 15.5. The summed E-state index contributed by atoms with van der Waals surface area (Å²) < 4.78 is 11.0. The van der Waals surface area contributed by atoms with E-state index in [1.807, 2.05) is 24.3 Å². The average Bonchev–Trinajstić information content (AvgIpc) is 2.70. The molecule has 0 saturated heterocycles. The van der Waals surface area contributed by atoms with Gasteiger partial charge in [0.15, 0.2) is 6.10 Å². The second-order valence-electron chi connectivity index (χ2n) is 5.80. The topological polar surface area (TPSA) is 76.7 Å². The maximum absolute atomic E-state index is 12.3. The lowest BCUT2D eigenvalue weighted by Crippen LogP contribution is -2.47. The molecule has 0 bridgehead atoms. The second kappa shape index (κ2) is 10.0. The van der Waals surface area contributed by atoms with Crippen LogP contribution >= 0.6 is 0 Å². The highest BCUT2D eigenvalue weighted by Crippen LogP contribution is 2.17. The number of rotatable bonds is 8. The van der Waals surface area contributed by atoms with E-state index in [0.717, 1.165) is 6.42 Å². The minimum Gasteiger partial charge on any atom is -0.489 e. The summed E-state index contributed by atoms with van der Waals surface area (Å²) in [6, 6.07) is 14.3. The number of para-hydroxylation sites is 1. The Hall–Kier alpha value is -3.28. The van der Waals surface area contributed by atoms with Crippen LogP contribution in [-0.2, 0) is 11.2 Å². The highest BCUT2D eigenvalue weighted by molar-refractivity contribution is 5.98. The summed E-state index contributed by atoms with van der Waals surface area (Å²) in [5.41, 5.74) is 6.24. The molecule has 2 N–H and O–H groups in total. The van der Waals surface area contributed by atoms with Gasteiger partial charge in [-0.2, -0.15) is 0 Å². The van der Waals surface area contributed by atoms with Crippen LogP contribution in [0.2, 0.25) is 0 Å². The summed E-state index contributed by atoms with van der Waals surface area (Å²) in [4.78, 5) is 24.5. The third-order valence-electron chi connectivity index (χ3n) is 3.80. The number of hydrogen-bond acceptors (Lipinski definition) is 4. The van der Waals surface area contributed by atoms with Gasteiger partial charge in [-0.1, -0.05) is 43.8 Å². The molecule has 142 valence electrons. The van der Waals surface area contributed by atoms with Gasteiger partial charge in [0.25, 0.3) is 11.8 Å². The summed E-state index contributed by atoms with van der Waals surface area (Å²) >= 11 is 0. The lowest BCUT2D eigenvalue weighted by molar-refractivity contribution is -0.128. The number of ether oxygens (including phenoxy) is 2. The molecule has 2 rings (SSSR count). The van der Waals surface area contributed by atoms with Crippen LogP contribution in [0.1, 0.15) is 29.8 Å². The Morgan fingerprint density at radius 2 is 1.81 bits per heavy atom. The van der Waals surface area contributed by atoms with Crippen LogP contribution < -0.4 is 20.3 Å². The lowest BCUT2D eigenvalue weighted by Gasteiger charge is -2.16. The highest BCUT2D eigenvalue weighted by Gasteiger charge is 2.17. The molecule has 0 fully saturated rings. The third kappa shape index (κ3) is 5.88. The van der Waals surface area contributed by atoms with E-state index in [1.54, 1.807) is 37.3 Å². The first kappa shape index (κ1) is 20.0. The number of nitrogens with one attached hydrogen (secondary N) is 2. The van der Waals surface area contributed by atoms with Crippen LogP contribution in [0.4, 0.5) is 0 Å². The van der Waals surface area contributed by atoms with E-state index in [0.29, 0.717) is 17.1 Å². The van der Waals surface area contributed by atoms with Gasteiger partial charge in [-0.15, -0.1) is 0 Å². The highest BCUT2D eigenvalue weighted by atomic mass is 16.5. The SMILES string of the molecule is C=CCOc1ccccc1C(=O)NNC(=O)C(C)Oc1ccc(CC)cc1. The Bertz CT molecular complexity index is 787. The van der Waals surface area contributed by atoms with Crippen molar-refractivity contribution in [2.24, 2.45) is 0 Å². The summed E-state index contributed by atoms with van der Waals surface area (Å²) in [6.07, 6.45) is 1.74. The van der Waals surface area contributed by atoms with Gasteiger partial charge in [0, 0.05) is 0 Å². The van der Waals surface area contributed by atoms with Crippen molar-refractivity contribution in [2.45, 2.75) is 26.4 Å². The first-order valence-electron chi connectivity index (χ1n) is 8.73. The molecule has 0 heterocycles. The number of aryl methyl sites for hydroxylation is 1. The molecule has 0 aliphatic carbocycles. The Kier molecular flexibility index (Phi) is 7.43. The minimum absolute atomic E-state index is 0.276. The Labute approximate surface area is 159 Å². The molecule has 0 spiro atoms. The average molecular weight is 368 g/mol. The zero-order valence-corrected chi connectivity index (χ0v) is 15.5. The summed E-state index contributed by atoms with van der Waals surface area (Å²) in [6.45, 7) is 7.53. The maximum Gasteiger partial charge on any atom is 0.279 e. The Morgan fingerprint density at radius 3 is 2.48 bits per heavy atom. The molecule has 0 aliphatic rings. The number of hydrogen-bond donors (Lipinski definition) is 2. The molecule has 27 heavy (non-hydrogen) atoms. The van der Waals surface area contributed by atoms with E-state index < -0.39 is 17.9 Å². The molecular weight excluding hydrogens is 344 g/mol. The van der Waals surface area contributed by atoms with E-state index in [-0.39, 0.29) is 6.61 Å². The number of amides is 2. The Morgan fingerprint density at radius 1 is 1.11 bits per heavy atom. The molecule has 0 aliphatic heterocycles. The van der Waals surface area contributed by atoms with E-state index in [4.69, 9.17) is 9.47 Å². The van der Waals surface area contributed by atoms with Gasteiger partial charge in [0.05, 0.1) is 5.56 Å². The van der Waals surface area contributed by atoms with Crippen LogP contribution in [-0.4, -0.2) is 24.5 Å². The molecule has 0 saturated carbocycles. The number of hydrazine groups is 1. The van der Waals surface area contributed by atoms with Crippen molar-refractivity contribution in [1.82, 2.24) is 10.9 Å². The normalized spacial score (nSPS) is 11.2. The van der Waals surface area contributed by atoms with Crippen LogP contribution in [0, 0.1) is 0 Å². The van der Waals surface area contributed by atoms with Gasteiger partial charge in [0.1, 0.15) is 18.1 Å². The molecule has 6 nitrogen and oxygen atoms in total. The molecule has 0 radical (unpaired) electrons. The molecular formula is C21H24N2O4.